The van der Waals surface area contributed by atoms with Gasteiger partial charge >= 0.3 is 0 Å². The van der Waals surface area contributed by atoms with Gasteiger partial charge in [0.25, 0.3) is 0 Å². The first kappa shape index (κ1) is 18.3. The highest BCUT2D eigenvalue weighted by molar-refractivity contribution is 8.37. The molecule has 1 aromatic heterocycles. The summed E-state index contributed by atoms with van der Waals surface area (Å²) in [6, 6.07) is 29.0. The fourth-order valence-electron chi connectivity index (χ4n) is 4.82. The van der Waals surface area contributed by atoms with Gasteiger partial charge in [-0.2, -0.15) is 0 Å². The molecule has 0 radical (unpaired) electrons. The van der Waals surface area contributed by atoms with E-state index in [0.29, 0.717) is 0 Å². The third-order valence-corrected chi connectivity index (χ3v) is 10.0. The molecular weight excluding hydrogens is 394 g/mol. The van der Waals surface area contributed by atoms with Gasteiger partial charge in [0.05, 0.1) is 0 Å². The number of aromatic nitrogens is 1. The molecule has 0 saturated carbocycles. The van der Waals surface area contributed by atoms with Gasteiger partial charge in [-0.25, -0.2) is 0 Å². The lowest BCUT2D eigenvalue weighted by atomic mass is 10.0. The summed E-state index contributed by atoms with van der Waals surface area (Å²) >= 11 is 0. The van der Waals surface area contributed by atoms with E-state index in [2.05, 4.69) is 114 Å². The molecule has 6 rings (SSSR count). The third kappa shape index (κ3) is 2.80. The molecule has 1 N–H and O–H groups in total. The lowest BCUT2D eigenvalue weighted by molar-refractivity contribution is 0.992. The van der Waals surface area contributed by atoms with Crippen LogP contribution < -0.4 is 0 Å². The molecule has 3 aromatic carbocycles. The zero-order chi connectivity index (χ0) is 20.7. The molecular formula is C29H23NS. The van der Waals surface area contributed by atoms with Crippen molar-refractivity contribution in [2.75, 3.05) is 0 Å². The van der Waals surface area contributed by atoms with Crippen molar-refractivity contribution in [1.82, 2.24) is 4.98 Å². The summed E-state index contributed by atoms with van der Waals surface area (Å²) in [6.07, 6.45) is 13.1. The van der Waals surface area contributed by atoms with Crippen molar-refractivity contribution in [3.63, 3.8) is 0 Å². The molecule has 1 heterocycles. The van der Waals surface area contributed by atoms with Crippen molar-refractivity contribution in [3.05, 3.63) is 125 Å². The average Bonchev–Trinajstić information content (AvgIpc) is 3.50. The third-order valence-electron chi connectivity index (χ3n) is 6.20. The van der Waals surface area contributed by atoms with Gasteiger partial charge in [-0.15, -0.1) is 15.8 Å². The second-order valence-electron chi connectivity index (χ2n) is 7.94. The number of aryl methyl sites for hydroxylation is 1. The minimum Gasteiger partial charge on any atom is -0.355 e. The van der Waals surface area contributed by atoms with Crippen LogP contribution in [0.25, 0.3) is 17.0 Å². The van der Waals surface area contributed by atoms with Gasteiger partial charge in [-0.3, -0.25) is 0 Å². The zero-order valence-corrected chi connectivity index (χ0v) is 18.0. The van der Waals surface area contributed by atoms with Gasteiger partial charge in [-0.05, 0) is 79.1 Å². The van der Waals surface area contributed by atoms with Crippen LogP contribution in [-0.2, 0) is 6.42 Å². The first-order valence-electron chi connectivity index (χ1n) is 10.8. The predicted octanol–water partition coefficient (Wildman–Crippen LogP) is 8.02. The van der Waals surface area contributed by atoms with Crippen LogP contribution in [0.5, 0.6) is 0 Å². The molecule has 0 unspecified atom stereocenters. The molecule has 1 nitrogen and oxygen atoms in total. The van der Waals surface area contributed by atoms with E-state index in [-0.39, 0.29) is 0 Å². The minimum absolute atomic E-state index is 1.09. The topological polar surface area (TPSA) is 15.8 Å². The Kier molecular flexibility index (Phi) is 4.35. The van der Waals surface area contributed by atoms with E-state index in [1.807, 2.05) is 6.08 Å². The van der Waals surface area contributed by atoms with Crippen LogP contribution in [0.3, 0.4) is 0 Å². The summed E-state index contributed by atoms with van der Waals surface area (Å²) < 4.78 is 0. The molecule has 2 aliphatic rings. The number of nitrogens with one attached hydrogen (secondary N) is 1. The van der Waals surface area contributed by atoms with E-state index < -0.39 is 10.0 Å². The summed E-state index contributed by atoms with van der Waals surface area (Å²) in [5, 5.41) is 1.35. The first-order chi connectivity index (χ1) is 15.4. The Balaban J connectivity index is 1.71. The summed E-state index contributed by atoms with van der Waals surface area (Å²) in [6.45, 7) is 0. The summed E-state index contributed by atoms with van der Waals surface area (Å²) in [4.78, 5) is 8.92. The summed E-state index contributed by atoms with van der Waals surface area (Å²) in [7, 11) is -1.65. The number of aromatic amines is 1. The molecule has 2 aliphatic carbocycles. The van der Waals surface area contributed by atoms with Crippen LogP contribution >= 0.6 is 10.0 Å². The van der Waals surface area contributed by atoms with Gasteiger partial charge in [0.15, 0.2) is 0 Å². The minimum atomic E-state index is -1.65. The molecule has 0 spiro atoms. The van der Waals surface area contributed by atoms with Crippen molar-refractivity contribution < 1.29 is 0 Å². The van der Waals surface area contributed by atoms with Crippen LogP contribution in [0.2, 0.25) is 0 Å². The molecule has 0 amide bonds. The molecule has 2 heteroatoms. The van der Waals surface area contributed by atoms with Crippen molar-refractivity contribution >= 4 is 27.0 Å². The van der Waals surface area contributed by atoms with E-state index in [1.165, 1.54) is 41.8 Å². The SMILES string of the molecule is C1=CC=CC=1S(c1ccccc1)(c1ccccc1)c1ccc2[nH]c3c(c2c1)CCC=C3. The number of hydrogen-bond acceptors (Lipinski definition) is 0. The van der Waals surface area contributed by atoms with Crippen molar-refractivity contribution in [2.24, 2.45) is 0 Å². The summed E-state index contributed by atoms with van der Waals surface area (Å²) in [5.41, 5.74) is 7.53. The molecule has 31 heavy (non-hydrogen) atoms. The monoisotopic (exact) mass is 417 g/mol. The van der Waals surface area contributed by atoms with E-state index in [0.717, 1.165) is 12.8 Å². The lowest BCUT2D eigenvalue weighted by Crippen LogP contribution is -2.05. The average molecular weight is 418 g/mol. The molecule has 0 bridgehead atoms. The Bertz CT molecular complexity index is 1360. The van der Waals surface area contributed by atoms with Crippen LogP contribution in [0, 0.1) is 0 Å². The first-order valence-corrected chi connectivity index (χ1v) is 12.4. The standard InChI is InChI=1S/C29H23NS/c1-3-11-22(12-4-1)31(24-15-7-8-16-24,23-13-5-2-6-14-23)25-19-20-29-27(21-25)26-17-9-10-18-28(26)30-29/h1-8,10-15,18-21,30H,9,17H2. The van der Waals surface area contributed by atoms with Gasteiger partial charge in [-0.1, -0.05) is 48.6 Å². The number of H-pyrrole nitrogens is 1. The predicted molar refractivity (Wildman–Crippen MR) is 132 cm³/mol. The number of benzene rings is 3. The molecule has 4 aromatic rings. The maximum Gasteiger partial charge on any atom is 0.0462 e. The number of fused-ring (bicyclic) bond motifs is 3. The smallest absolute Gasteiger partial charge is 0.0462 e. The van der Waals surface area contributed by atoms with Gasteiger partial charge < -0.3 is 4.98 Å². The highest BCUT2D eigenvalue weighted by Gasteiger charge is 2.35. The second kappa shape index (κ2) is 7.35. The maximum atomic E-state index is 3.62. The van der Waals surface area contributed by atoms with Gasteiger partial charge in [0.2, 0.25) is 0 Å². The highest BCUT2D eigenvalue weighted by Crippen LogP contribution is 2.73. The quantitative estimate of drug-likeness (QED) is 0.324. The van der Waals surface area contributed by atoms with Gasteiger partial charge in [0.1, 0.15) is 0 Å². The fraction of sp³-hybridized carbons (Fsp3) is 0.0690. The molecule has 150 valence electrons. The van der Waals surface area contributed by atoms with E-state index in [1.54, 1.807) is 0 Å². The van der Waals surface area contributed by atoms with Crippen LogP contribution in [0.15, 0.2) is 128 Å². The number of rotatable bonds is 4. The Hall–Kier alpha value is -3.45. The van der Waals surface area contributed by atoms with Crippen molar-refractivity contribution in [1.29, 1.82) is 0 Å². The zero-order valence-electron chi connectivity index (χ0n) is 17.2. The molecule has 0 fully saturated rings. The molecule has 0 atom stereocenters. The second-order valence-corrected chi connectivity index (χ2v) is 11.0. The Morgan fingerprint density at radius 2 is 1.52 bits per heavy atom. The maximum absolute atomic E-state index is 3.62. The van der Waals surface area contributed by atoms with Crippen LogP contribution in [0.4, 0.5) is 0 Å². The van der Waals surface area contributed by atoms with Gasteiger partial charge in [0, 0.05) is 36.2 Å². The number of hydrogen-bond donors (Lipinski definition) is 1. The molecule has 0 aliphatic heterocycles. The van der Waals surface area contributed by atoms with E-state index in [9.17, 15) is 0 Å². The van der Waals surface area contributed by atoms with E-state index >= 15 is 0 Å². The lowest BCUT2D eigenvalue weighted by Gasteiger charge is -2.41. The Morgan fingerprint density at radius 3 is 2.19 bits per heavy atom. The Morgan fingerprint density at radius 1 is 0.774 bits per heavy atom. The highest BCUT2D eigenvalue weighted by atomic mass is 32.3. The summed E-state index contributed by atoms with van der Waals surface area (Å²) in [5.74, 6) is 0. The van der Waals surface area contributed by atoms with Crippen molar-refractivity contribution in [2.45, 2.75) is 27.5 Å². The largest absolute Gasteiger partial charge is 0.355 e. The Labute approximate surface area is 184 Å². The normalized spacial score (nSPS) is 15.3. The molecule has 0 saturated heterocycles. The number of allylic oxidation sites excluding steroid dienone is 3. The van der Waals surface area contributed by atoms with Crippen LogP contribution in [0.1, 0.15) is 17.7 Å². The fourth-order valence-corrected chi connectivity index (χ4v) is 8.62. The van der Waals surface area contributed by atoms with Crippen molar-refractivity contribution in [3.8, 4) is 0 Å². The van der Waals surface area contributed by atoms with Crippen LogP contribution in [-0.4, -0.2) is 4.98 Å². The van der Waals surface area contributed by atoms with E-state index in [4.69, 9.17) is 0 Å².